The summed E-state index contributed by atoms with van der Waals surface area (Å²) < 4.78 is 1.75. The van der Waals surface area contributed by atoms with Gasteiger partial charge in [-0.2, -0.15) is 0 Å². The van der Waals surface area contributed by atoms with Gasteiger partial charge in [-0.05, 0) is 17.7 Å². The zero-order valence-electron chi connectivity index (χ0n) is 7.90. The molecule has 15 heavy (non-hydrogen) atoms. The molecule has 2 rings (SSSR count). The Kier molecular flexibility index (Phi) is 3.23. The van der Waals surface area contributed by atoms with E-state index in [4.69, 9.17) is 23.2 Å². The second kappa shape index (κ2) is 4.64. The molecule has 0 spiro atoms. The van der Waals surface area contributed by atoms with Crippen LogP contribution in [0.15, 0.2) is 30.5 Å². The minimum Gasteiger partial charge on any atom is -0.248 e. The smallest absolute Gasteiger partial charge is 0.0974 e. The Morgan fingerprint density at radius 1 is 1.20 bits per heavy atom. The standard InChI is InChI=1S/C10H9Cl2N3/c11-5-10-7-15(14-13-10)6-8-1-3-9(12)4-2-8/h1-4,7H,5-6H2. The molecule has 2 aromatic rings. The monoisotopic (exact) mass is 241 g/mol. The van der Waals surface area contributed by atoms with Gasteiger partial charge in [-0.3, -0.25) is 0 Å². The van der Waals surface area contributed by atoms with Crippen molar-refractivity contribution in [2.75, 3.05) is 0 Å². The molecule has 0 unspecified atom stereocenters. The van der Waals surface area contributed by atoms with Crippen LogP contribution in [0.3, 0.4) is 0 Å². The number of nitrogens with zero attached hydrogens (tertiary/aromatic N) is 3. The number of aromatic nitrogens is 3. The van der Waals surface area contributed by atoms with E-state index in [-0.39, 0.29) is 0 Å². The Labute approximate surface area is 97.6 Å². The third-order valence-electron chi connectivity index (χ3n) is 1.98. The van der Waals surface area contributed by atoms with E-state index in [2.05, 4.69) is 10.3 Å². The first-order valence-corrected chi connectivity index (χ1v) is 5.38. The van der Waals surface area contributed by atoms with Gasteiger partial charge in [0.2, 0.25) is 0 Å². The largest absolute Gasteiger partial charge is 0.248 e. The molecule has 0 aliphatic rings. The fourth-order valence-corrected chi connectivity index (χ4v) is 1.50. The first-order valence-electron chi connectivity index (χ1n) is 4.47. The molecule has 0 N–H and O–H groups in total. The van der Waals surface area contributed by atoms with E-state index in [0.29, 0.717) is 12.4 Å². The first kappa shape index (κ1) is 10.5. The van der Waals surface area contributed by atoms with Crippen LogP contribution in [0, 0.1) is 0 Å². The van der Waals surface area contributed by atoms with Gasteiger partial charge in [0.05, 0.1) is 24.3 Å². The lowest BCUT2D eigenvalue weighted by molar-refractivity contribution is 0.649. The highest BCUT2D eigenvalue weighted by Crippen LogP contribution is 2.10. The number of hydrogen-bond acceptors (Lipinski definition) is 2. The first-order chi connectivity index (χ1) is 7.28. The van der Waals surface area contributed by atoms with Crippen LogP contribution in [-0.4, -0.2) is 15.0 Å². The van der Waals surface area contributed by atoms with Crippen LogP contribution in [0.5, 0.6) is 0 Å². The summed E-state index contributed by atoms with van der Waals surface area (Å²) in [6, 6.07) is 7.64. The summed E-state index contributed by atoms with van der Waals surface area (Å²) >= 11 is 11.4. The number of benzene rings is 1. The number of hydrogen-bond donors (Lipinski definition) is 0. The molecule has 0 aliphatic carbocycles. The van der Waals surface area contributed by atoms with Gasteiger partial charge in [0.1, 0.15) is 0 Å². The molecule has 3 nitrogen and oxygen atoms in total. The van der Waals surface area contributed by atoms with Crippen molar-refractivity contribution in [3.63, 3.8) is 0 Å². The van der Waals surface area contributed by atoms with Crippen LogP contribution in [0.4, 0.5) is 0 Å². The molecule has 1 heterocycles. The lowest BCUT2D eigenvalue weighted by atomic mass is 10.2. The van der Waals surface area contributed by atoms with Gasteiger partial charge in [-0.1, -0.05) is 28.9 Å². The molecule has 1 aromatic carbocycles. The quantitative estimate of drug-likeness (QED) is 0.774. The Hall–Kier alpha value is -1.06. The van der Waals surface area contributed by atoms with Crippen molar-refractivity contribution >= 4 is 23.2 Å². The fraction of sp³-hybridized carbons (Fsp3) is 0.200. The van der Waals surface area contributed by atoms with E-state index in [9.17, 15) is 0 Å². The van der Waals surface area contributed by atoms with Crippen molar-refractivity contribution in [3.05, 3.63) is 46.7 Å². The highest BCUT2D eigenvalue weighted by Gasteiger charge is 2.00. The molecule has 78 valence electrons. The molecule has 0 aliphatic heterocycles. The Bertz CT molecular complexity index is 436. The Morgan fingerprint density at radius 2 is 1.93 bits per heavy atom. The molecule has 0 fully saturated rings. The maximum Gasteiger partial charge on any atom is 0.0974 e. The second-order valence-corrected chi connectivity index (χ2v) is 3.87. The molecule has 0 saturated carbocycles. The van der Waals surface area contributed by atoms with Crippen molar-refractivity contribution in [2.24, 2.45) is 0 Å². The normalized spacial score (nSPS) is 10.5. The predicted molar refractivity (Wildman–Crippen MR) is 60.1 cm³/mol. The molecular formula is C10H9Cl2N3. The zero-order chi connectivity index (χ0) is 10.7. The topological polar surface area (TPSA) is 30.7 Å². The number of halogens is 2. The molecule has 1 aromatic heterocycles. The van der Waals surface area contributed by atoms with Gasteiger partial charge in [-0.25, -0.2) is 4.68 Å². The van der Waals surface area contributed by atoms with E-state index in [1.54, 1.807) is 4.68 Å². The van der Waals surface area contributed by atoms with Crippen LogP contribution >= 0.6 is 23.2 Å². The van der Waals surface area contributed by atoms with Gasteiger partial charge in [0.25, 0.3) is 0 Å². The Morgan fingerprint density at radius 3 is 2.53 bits per heavy atom. The van der Waals surface area contributed by atoms with Crippen molar-refractivity contribution < 1.29 is 0 Å². The van der Waals surface area contributed by atoms with Gasteiger partial charge in [0, 0.05) is 5.02 Å². The van der Waals surface area contributed by atoms with E-state index in [1.165, 1.54) is 0 Å². The van der Waals surface area contributed by atoms with E-state index >= 15 is 0 Å². The van der Waals surface area contributed by atoms with Crippen LogP contribution in [0.1, 0.15) is 11.3 Å². The molecule has 5 heteroatoms. The van der Waals surface area contributed by atoms with Gasteiger partial charge in [-0.15, -0.1) is 16.7 Å². The summed E-state index contributed by atoms with van der Waals surface area (Å²) in [7, 11) is 0. The summed E-state index contributed by atoms with van der Waals surface area (Å²) in [5, 5.41) is 8.59. The summed E-state index contributed by atoms with van der Waals surface area (Å²) in [6.07, 6.45) is 1.83. The predicted octanol–water partition coefficient (Wildman–Crippen LogP) is 2.72. The zero-order valence-corrected chi connectivity index (χ0v) is 9.41. The van der Waals surface area contributed by atoms with Crippen molar-refractivity contribution in [1.82, 2.24) is 15.0 Å². The summed E-state index contributed by atoms with van der Waals surface area (Å²) in [5.74, 6) is 0.390. The number of rotatable bonds is 3. The van der Waals surface area contributed by atoms with Crippen LogP contribution in [0.25, 0.3) is 0 Å². The number of alkyl halides is 1. The average Bonchev–Trinajstić information content (AvgIpc) is 2.69. The van der Waals surface area contributed by atoms with Gasteiger partial charge in [0.15, 0.2) is 0 Å². The highest BCUT2D eigenvalue weighted by atomic mass is 35.5. The average molecular weight is 242 g/mol. The Balaban J connectivity index is 2.11. The van der Waals surface area contributed by atoms with Crippen LogP contribution < -0.4 is 0 Å². The lowest BCUT2D eigenvalue weighted by Crippen LogP contribution is -1.99. The fourth-order valence-electron chi connectivity index (χ4n) is 1.25. The van der Waals surface area contributed by atoms with Gasteiger partial charge < -0.3 is 0 Å². The SMILES string of the molecule is ClCc1cn(Cc2ccc(Cl)cc2)nn1. The molecular weight excluding hydrogens is 233 g/mol. The van der Waals surface area contributed by atoms with Crippen molar-refractivity contribution in [3.8, 4) is 0 Å². The summed E-state index contributed by atoms with van der Waals surface area (Å²) in [4.78, 5) is 0. The molecule has 0 radical (unpaired) electrons. The third kappa shape index (κ3) is 2.70. The van der Waals surface area contributed by atoms with Crippen LogP contribution in [-0.2, 0) is 12.4 Å². The maximum absolute atomic E-state index is 5.79. The minimum atomic E-state index is 0.390. The molecule has 0 amide bonds. The maximum atomic E-state index is 5.79. The molecule has 0 bridgehead atoms. The molecule has 0 atom stereocenters. The third-order valence-corrected chi connectivity index (χ3v) is 2.51. The lowest BCUT2D eigenvalue weighted by Gasteiger charge is -2.00. The second-order valence-electron chi connectivity index (χ2n) is 3.17. The summed E-state index contributed by atoms with van der Waals surface area (Å²) in [6.45, 7) is 0.682. The van der Waals surface area contributed by atoms with E-state index in [1.807, 2.05) is 30.5 Å². The van der Waals surface area contributed by atoms with Crippen molar-refractivity contribution in [2.45, 2.75) is 12.4 Å². The van der Waals surface area contributed by atoms with E-state index < -0.39 is 0 Å². The minimum absolute atomic E-state index is 0.390. The van der Waals surface area contributed by atoms with Crippen LogP contribution in [0.2, 0.25) is 5.02 Å². The van der Waals surface area contributed by atoms with Gasteiger partial charge >= 0.3 is 0 Å². The highest BCUT2D eigenvalue weighted by molar-refractivity contribution is 6.30. The molecule has 0 saturated heterocycles. The van der Waals surface area contributed by atoms with E-state index in [0.717, 1.165) is 16.3 Å². The summed E-state index contributed by atoms with van der Waals surface area (Å²) in [5.41, 5.74) is 1.91. The van der Waals surface area contributed by atoms with Crippen molar-refractivity contribution in [1.29, 1.82) is 0 Å².